The van der Waals surface area contributed by atoms with Crippen molar-refractivity contribution < 1.29 is 14.2 Å². The van der Waals surface area contributed by atoms with Crippen LogP contribution in [0.4, 0.5) is 0 Å². The van der Waals surface area contributed by atoms with Gasteiger partial charge in [0, 0.05) is 26.4 Å². The van der Waals surface area contributed by atoms with Crippen LogP contribution in [0.15, 0.2) is 72.9 Å². The van der Waals surface area contributed by atoms with Crippen LogP contribution in [0.3, 0.4) is 0 Å². The van der Waals surface area contributed by atoms with Gasteiger partial charge in [-0.15, -0.1) is 0 Å². The standard InChI is InChI=1S/C59H109NO3/c1-6-9-12-15-18-21-24-27-30-33-36-39-42-45-48-51-54-61-58(57-60(4)5)59(62-55-52-49-46-43-40-37-34-31-28-25-22-19-16-13-10-7-2)63-56-53-50-47-44-41-38-35-32-29-26-23-20-17-14-11-8-3/h18-23,27-32,58-59H,6-17,24-26,33-57H2,1-5H3/b21-18-,22-19-,23-20-,30-27-,31-28-,32-29-. The van der Waals surface area contributed by atoms with E-state index in [0.29, 0.717) is 0 Å². The molecule has 1 atom stereocenters. The van der Waals surface area contributed by atoms with Crippen LogP contribution >= 0.6 is 0 Å². The Morgan fingerprint density at radius 2 is 0.556 bits per heavy atom. The van der Waals surface area contributed by atoms with Gasteiger partial charge in [0.05, 0.1) is 0 Å². The third-order valence-electron chi connectivity index (χ3n) is 11.8. The number of unbranched alkanes of at least 4 members (excludes halogenated alkanes) is 27. The zero-order chi connectivity index (χ0) is 45.6. The fourth-order valence-electron chi connectivity index (χ4n) is 7.74. The van der Waals surface area contributed by atoms with E-state index < -0.39 is 0 Å². The molecule has 0 aromatic carbocycles. The lowest BCUT2D eigenvalue weighted by Gasteiger charge is -2.30. The molecule has 0 aliphatic rings. The van der Waals surface area contributed by atoms with Gasteiger partial charge in [0.2, 0.25) is 0 Å². The van der Waals surface area contributed by atoms with Gasteiger partial charge in [0.1, 0.15) is 6.10 Å². The minimum absolute atomic E-state index is 0.0628. The smallest absolute Gasteiger partial charge is 0.184 e. The zero-order valence-electron chi connectivity index (χ0n) is 43.0. The third kappa shape index (κ3) is 51.1. The fourth-order valence-corrected chi connectivity index (χ4v) is 7.74. The Bertz CT molecular complexity index is 991. The zero-order valence-corrected chi connectivity index (χ0v) is 43.0. The van der Waals surface area contributed by atoms with Gasteiger partial charge in [0.25, 0.3) is 0 Å². The number of nitrogens with zero attached hydrogens (tertiary/aromatic N) is 1. The highest BCUT2D eigenvalue weighted by atomic mass is 16.7. The van der Waals surface area contributed by atoms with Crippen LogP contribution in [0.25, 0.3) is 0 Å². The second kappa shape index (κ2) is 54.6. The molecule has 0 rings (SSSR count). The molecule has 0 aliphatic carbocycles. The van der Waals surface area contributed by atoms with Crippen molar-refractivity contribution in [3.63, 3.8) is 0 Å². The first-order valence-corrected chi connectivity index (χ1v) is 27.5. The normalized spacial score (nSPS) is 13.2. The molecule has 1 unspecified atom stereocenters. The van der Waals surface area contributed by atoms with Crippen molar-refractivity contribution in [3.05, 3.63) is 72.9 Å². The van der Waals surface area contributed by atoms with E-state index >= 15 is 0 Å². The Hall–Kier alpha value is -1.72. The van der Waals surface area contributed by atoms with E-state index in [4.69, 9.17) is 14.2 Å². The summed E-state index contributed by atoms with van der Waals surface area (Å²) in [5.74, 6) is 0. The summed E-state index contributed by atoms with van der Waals surface area (Å²) in [6.45, 7) is 9.92. The van der Waals surface area contributed by atoms with Crippen LogP contribution < -0.4 is 0 Å². The van der Waals surface area contributed by atoms with Crippen molar-refractivity contribution in [1.29, 1.82) is 0 Å². The lowest BCUT2D eigenvalue weighted by Crippen LogP contribution is -2.42. The van der Waals surface area contributed by atoms with Gasteiger partial charge < -0.3 is 19.1 Å². The average molecular weight is 881 g/mol. The molecule has 0 heterocycles. The Morgan fingerprint density at radius 3 is 0.841 bits per heavy atom. The molecule has 0 aromatic heterocycles. The third-order valence-corrected chi connectivity index (χ3v) is 11.8. The maximum absolute atomic E-state index is 6.58. The lowest BCUT2D eigenvalue weighted by molar-refractivity contribution is -0.211. The number of likely N-dealkylation sites (N-methyl/N-ethyl adjacent to an activating group) is 1. The van der Waals surface area contributed by atoms with E-state index in [1.807, 2.05) is 0 Å². The minimum Gasteiger partial charge on any atom is -0.372 e. The van der Waals surface area contributed by atoms with Crippen molar-refractivity contribution in [2.24, 2.45) is 0 Å². The summed E-state index contributed by atoms with van der Waals surface area (Å²) in [7, 11) is 4.28. The number of rotatable bonds is 51. The van der Waals surface area contributed by atoms with Gasteiger partial charge in [-0.05, 0) is 130 Å². The topological polar surface area (TPSA) is 30.9 Å². The summed E-state index contributed by atoms with van der Waals surface area (Å²) < 4.78 is 19.6. The molecular formula is C59H109NO3. The van der Waals surface area contributed by atoms with Crippen LogP contribution in [0.1, 0.15) is 252 Å². The predicted molar refractivity (Wildman–Crippen MR) is 282 cm³/mol. The van der Waals surface area contributed by atoms with Crippen LogP contribution in [-0.2, 0) is 14.2 Å². The second-order valence-electron chi connectivity index (χ2n) is 18.5. The first kappa shape index (κ1) is 61.3. The van der Waals surface area contributed by atoms with Gasteiger partial charge in [-0.2, -0.15) is 0 Å². The van der Waals surface area contributed by atoms with Gasteiger partial charge in [-0.25, -0.2) is 0 Å². The van der Waals surface area contributed by atoms with Gasteiger partial charge in [-0.3, -0.25) is 0 Å². The molecule has 4 nitrogen and oxygen atoms in total. The summed E-state index contributed by atoms with van der Waals surface area (Å²) >= 11 is 0. The SMILES string of the molecule is CCCCC/C=C\C/C=C\CCCCCCCCOC(CN(C)C)C(OCCCCCCCC/C=C\C/C=C\CCCCC)OCCCCCCCC/C=C\C/C=C\CCCCC. The largest absolute Gasteiger partial charge is 0.372 e. The highest BCUT2D eigenvalue weighted by molar-refractivity contribution is 4.94. The highest BCUT2D eigenvalue weighted by Gasteiger charge is 2.24. The molecule has 0 saturated carbocycles. The highest BCUT2D eigenvalue weighted by Crippen LogP contribution is 2.16. The molecule has 0 aliphatic heterocycles. The predicted octanol–water partition coefficient (Wildman–Crippen LogP) is 18.7. The molecule has 0 fully saturated rings. The molecule has 63 heavy (non-hydrogen) atoms. The minimum atomic E-state index is -0.298. The Kier molecular flexibility index (Phi) is 53.1. The lowest BCUT2D eigenvalue weighted by atomic mass is 10.1. The van der Waals surface area contributed by atoms with E-state index in [9.17, 15) is 0 Å². The number of hydrogen-bond donors (Lipinski definition) is 0. The fraction of sp³-hybridized carbons (Fsp3) is 0.797. The summed E-state index contributed by atoms with van der Waals surface area (Å²) in [6.07, 6.45) is 73.1. The summed E-state index contributed by atoms with van der Waals surface area (Å²) in [6, 6.07) is 0. The first-order chi connectivity index (χ1) is 31.2. The molecule has 0 aromatic rings. The van der Waals surface area contributed by atoms with Gasteiger partial charge >= 0.3 is 0 Å². The van der Waals surface area contributed by atoms with Crippen molar-refractivity contribution in [2.45, 2.75) is 264 Å². The van der Waals surface area contributed by atoms with E-state index in [-0.39, 0.29) is 12.4 Å². The van der Waals surface area contributed by atoms with Crippen LogP contribution in [0.5, 0.6) is 0 Å². The van der Waals surface area contributed by atoms with Crippen LogP contribution in [0, 0.1) is 0 Å². The quantitative estimate of drug-likeness (QED) is 0.0346. The molecular weight excluding hydrogens is 771 g/mol. The second-order valence-corrected chi connectivity index (χ2v) is 18.5. The Morgan fingerprint density at radius 1 is 0.302 bits per heavy atom. The monoisotopic (exact) mass is 880 g/mol. The Labute approximate surface area is 395 Å². The van der Waals surface area contributed by atoms with Crippen LogP contribution in [0.2, 0.25) is 0 Å². The van der Waals surface area contributed by atoms with Crippen molar-refractivity contribution >= 4 is 0 Å². The van der Waals surface area contributed by atoms with Gasteiger partial charge in [-0.1, -0.05) is 209 Å². The van der Waals surface area contributed by atoms with E-state index in [0.717, 1.165) is 64.9 Å². The van der Waals surface area contributed by atoms with Gasteiger partial charge in [0.15, 0.2) is 6.29 Å². The van der Waals surface area contributed by atoms with E-state index in [1.165, 1.54) is 193 Å². The molecule has 0 saturated heterocycles. The number of allylic oxidation sites excluding steroid dienone is 12. The maximum atomic E-state index is 6.58. The Balaban J connectivity index is 4.55. The molecule has 0 amide bonds. The average Bonchev–Trinajstić information content (AvgIpc) is 3.28. The summed E-state index contributed by atoms with van der Waals surface area (Å²) in [4.78, 5) is 2.23. The molecule has 4 heteroatoms. The summed E-state index contributed by atoms with van der Waals surface area (Å²) in [5, 5.41) is 0. The molecule has 0 spiro atoms. The molecule has 0 radical (unpaired) electrons. The maximum Gasteiger partial charge on any atom is 0.184 e. The molecule has 0 bridgehead atoms. The molecule has 0 N–H and O–H groups in total. The van der Waals surface area contributed by atoms with E-state index in [1.54, 1.807) is 0 Å². The van der Waals surface area contributed by atoms with Crippen molar-refractivity contribution in [1.82, 2.24) is 4.90 Å². The van der Waals surface area contributed by atoms with Crippen molar-refractivity contribution in [3.8, 4) is 0 Å². The van der Waals surface area contributed by atoms with Crippen LogP contribution in [-0.4, -0.2) is 57.8 Å². The van der Waals surface area contributed by atoms with E-state index in [2.05, 4.69) is 113 Å². The first-order valence-electron chi connectivity index (χ1n) is 27.5. The molecule has 368 valence electrons. The van der Waals surface area contributed by atoms with Crippen molar-refractivity contribution in [2.75, 3.05) is 40.5 Å². The number of ether oxygens (including phenoxy) is 3. The number of hydrogen-bond acceptors (Lipinski definition) is 4. The summed E-state index contributed by atoms with van der Waals surface area (Å²) in [5.41, 5.74) is 0.